The van der Waals surface area contributed by atoms with Gasteiger partial charge in [0.05, 0.1) is 33.0 Å². The standard InChI is InChI=1S/C40H67N5O26/c1-11(50)41-21-29(58)26(55)16(6-46)65-38(21)69-33-18(8-48)67-37(23(31(33)60)43-13(3)52)63-10-20-28(57)35(25(36(62)64-20)45-15(5)54)71-40-24(44-14(4)53)32(61)34(19(9-49)68-40)70-39-22(42-12(2)51)30(59)27(56)17(7-47)66-39/h16-40,46-49,55-62H,6-10H2,1-5H3,(H,41,50)(H,42,51)(H,43,52)(H,44,53)(H,45,54)/t16-,17-,18-,19-,20-,21-,22-,23-,24-,25-,26+,27+,28+,29-,30-,31-,32-,33-,34-,35-,36?,37?,38?,39?,40?/m1/s1. The third-order valence-electron chi connectivity index (χ3n) is 12.3. The van der Waals surface area contributed by atoms with Crippen LogP contribution < -0.4 is 26.6 Å². The second kappa shape index (κ2) is 25.6. The highest BCUT2D eigenvalue weighted by molar-refractivity contribution is 5.75. The molecule has 5 rings (SSSR count). The zero-order valence-corrected chi connectivity index (χ0v) is 39.1. The van der Waals surface area contributed by atoms with Crippen LogP contribution in [0.25, 0.3) is 0 Å². The molecule has 71 heavy (non-hydrogen) atoms. The molecule has 408 valence electrons. The molecule has 25 atom stereocenters. The highest BCUT2D eigenvalue weighted by Crippen LogP contribution is 2.34. The van der Waals surface area contributed by atoms with Crippen LogP contribution in [0.1, 0.15) is 34.6 Å². The molecule has 5 aliphatic rings. The average Bonchev–Trinajstić information content (AvgIpc) is 3.30. The monoisotopic (exact) mass is 1030 g/mol. The van der Waals surface area contributed by atoms with E-state index in [1.165, 1.54) is 0 Å². The molecule has 0 radical (unpaired) electrons. The minimum Gasteiger partial charge on any atom is -0.394 e. The molecule has 5 amide bonds. The number of nitrogens with one attached hydrogen (secondary N) is 5. The third kappa shape index (κ3) is 13.8. The van der Waals surface area contributed by atoms with Crippen LogP contribution in [0.2, 0.25) is 0 Å². The number of amides is 5. The van der Waals surface area contributed by atoms with Crippen molar-refractivity contribution in [2.45, 2.75) is 188 Å². The Hall–Kier alpha value is -3.49. The van der Waals surface area contributed by atoms with Crippen LogP contribution in [0.4, 0.5) is 0 Å². The Labute approximate surface area is 404 Å². The van der Waals surface area contributed by atoms with E-state index < -0.39 is 216 Å². The fourth-order valence-corrected chi connectivity index (χ4v) is 8.95. The average molecular weight is 1030 g/mol. The molecule has 0 aromatic carbocycles. The van der Waals surface area contributed by atoms with Gasteiger partial charge in [0.15, 0.2) is 31.5 Å². The van der Waals surface area contributed by atoms with Gasteiger partial charge in [0.2, 0.25) is 29.5 Å². The summed E-state index contributed by atoms with van der Waals surface area (Å²) in [6.07, 6.45) is -34.8. The Morgan fingerprint density at radius 2 is 0.676 bits per heavy atom. The molecule has 0 bridgehead atoms. The number of hydrogen-bond donors (Lipinski definition) is 17. The lowest BCUT2D eigenvalue weighted by atomic mass is 9.93. The number of rotatable bonds is 18. The van der Waals surface area contributed by atoms with Crippen LogP contribution in [0, 0.1) is 0 Å². The van der Waals surface area contributed by atoms with Gasteiger partial charge >= 0.3 is 0 Å². The first-order chi connectivity index (χ1) is 33.5. The maximum absolute atomic E-state index is 12.6. The van der Waals surface area contributed by atoms with Gasteiger partial charge in [0.25, 0.3) is 0 Å². The van der Waals surface area contributed by atoms with Crippen LogP contribution in [-0.2, 0) is 66.6 Å². The zero-order valence-electron chi connectivity index (χ0n) is 39.1. The molecular weight excluding hydrogens is 966 g/mol. The summed E-state index contributed by atoms with van der Waals surface area (Å²) in [7, 11) is 0. The minimum atomic E-state index is -2.04. The van der Waals surface area contributed by atoms with Crippen molar-refractivity contribution in [2.75, 3.05) is 33.0 Å². The summed E-state index contributed by atoms with van der Waals surface area (Å²) in [6.45, 7) is 0.986. The fraction of sp³-hybridized carbons (Fsp3) is 0.875. The Balaban J connectivity index is 1.38. The first-order valence-electron chi connectivity index (χ1n) is 22.5. The van der Waals surface area contributed by atoms with Crippen molar-refractivity contribution in [3.63, 3.8) is 0 Å². The van der Waals surface area contributed by atoms with Gasteiger partial charge < -0.3 is 130 Å². The van der Waals surface area contributed by atoms with E-state index in [-0.39, 0.29) is 0 Å². The Bertz CT molecular complexity index is 1790. The number of ether oxygens (including phenoxy) is 9. The molecule has 0 aromatic rings. The topological polar surface area (TPSA) is 471 Å². The number of hydrogen-bond acceptors (Lipinski definition) is 26. The maximum Gasteiger partial charge on any atom is 0.217 e. The lowest BCUT2D eigenvalue weighted by molar-refractivity contribution is -0.353. The van der Waals surface area contributed by atoms with Crippen LogP contribution >= 0.6 is 0 Å². The summed E-state index contributed by atoms with van der Waals surface area (Å²) in [4.78, 5) is 61.5. The molecule has 31 heteroatoms. The molecule has 5 unspecified atom stereocenters. The lowest BCUT2D eigenvalue weighted by Gasteiger charge is -2.50. The second-order valence-corrected chi connectivity index (χ2v) is 17.7. The smallest absolute Gasteiger partial charge is 0.217 e. The van der Waals surface area contributed by atoms with Gasteiger partial charge in [-0.3, -0.25) is 24.0 Å². The van der Waals surface area contributed by atoms with Gasteiger partial charge in [0.1, 0.15) is 122 Å². The van der Waals surface area contributed by atoms with E-state index in [9.17, 15) is 85.3 Å². The van der Waals surface area contributed by atoms with Gasteiger partial charge in [0, 0.05) is 34.6 Å². The molecule has 0 aliphatic carbocycles. The first kappa shape index (κ1) is 58.4. The molecule has 0 aromatic heterocycles. The van der Waals surface area contributed by atoms with Crippen molar-refractivity contribution in [2.24, 2.45) is 0 Å². The van der Waals surface area contributed by atoms with Crippen LogP contribution in [0.3, 0.4) is 0 Å². The summed E-state index contributed by atoms with van der Waals surface area (Å²) in [5.41, 5.74) is 0. The van der Waals surface area contributed by atoms with Crippen LogP contribution in [-0.4, -0.2) is 277 Å². The van der Waals surface area contributed by atoms with Crippen molar-refractivity contribution in [1.29, 1.82) is 0 Å². The second-order valence-electron chi connectivity index (χ2n) is 17.7. The van der Waals surface area contributed by atoms with E-state index in [2.05, 4.69) is 26.6 Å². The quantitative estimate of drug-likeness (QED) is 0.0606. The van der Waals surface area contributed by atoms with Gasteiger partial charge in [-0.1, -0.05) is 0 Å². The van der Waals surface area contributed by atoms with Crippen molar-refractivity contribution >= 4 is 29.5 Å². The van der Waals surface area contributed by atoms with Crippen LogP contribution in [0.5, 0.6) is 0 Å². The minimum absolute atomic E-state index is 0.700. The molecular formula is C40H67N5O26. The molecule has 17 N–H and O–H groups in total. The van der Waals surface area contributed by atoms with E-state index in [0.717, 1.165) is 34.6 Å². The summed E-state index contributed by atoms with van der Waals surface area (Å²) in [5.74, 6) is -3.74. The van der Waals surface area contributed by atoms with E-state index in [0.29, 0.717) is 0 Å². The molecule has 0 spiro atoms. The van der Waals surface area contributed by atoms with Gasteiger partial charge in [-0.2, -0.15) is 0 Å². The molecule has 5 heterocycles. The van der Waals surface area contributed by atoms with E-state index in [1.54, 1.807) is 0 Å². The van der Waals surface area contributed by atoms with Crippen molar-refractivity contribution < 1.29 is 128 Å². The molecule has 0 saturated carbocycles. The molecule has 5 fully saturated rings. The summed E-state index contributed by atoms with van der Waals surface area (Å²) < 4.78 is 52.6. The third-order valence-corrected chi connectivity index (χ3v) is 12.3. The largest absolute Gasteiger partial charge is 0.394 e. The first-order valence-corrected chi connectivity index (χ1v) is 22.5. The van der Waals surface area contributed by atoms with E-state index in [4.69, 9.17) is 42.6 Å². The summed E-state index contributed by atoms with van der Waals surface area (Å²) in [5, 5.41) is 142. The lowest BCUT2D eigenvalue weighted by Crippen LogP contribution is -2.71. The van der Waals surface area contributed by atoms with Gasteiger partial charge in [-0.15, -0.1) is 0 Å². The highest BCUT2D eigenvalue weighted by atomic mass is 16.8. The normalized spacial score (nSPS) is 43.9. The Kier molecular flexibility index (Phi) is 21.1. The number of aliphatic hydroxyl groups excluding tert-OH is 12. The predicted octanol–water partition coefficient (Wildman–Crippen LogP) is -11.2. The maximum atomic E-state index is 12.6. The fourth-order valence-electron chi connectivity index (χ4n) is 8.95. The Morgan fingerprint density at radius 3 is 1.04 bits per heavy atom. The van der Waals surface area contributed by atoms with Crippen molar-refractivity contribution in [3.8, 4) is 0 Å². The zero-order chi connectivity index (χ0) is 52.8. The summed E-state index contributed by atoms with van der Waals surface area (Å²) >= 11 is 0. The van der Waals surface area contributed by atoms with Crippen molar-refractivity contribution in [1.82, 2.24) is 26.6 Å². The number of aliphatic hydroxyl groups is 12. The van der Waals surface area contributed by atoms with E-state index in [1.807, 2.05) is 0 Å². The SMILES string of the molecule is CC(=O)N[C@H]1C(O[C@H]2[C@H](O)[C@@H](NC(C)=O)C(OC[C@H]3OC(O)[C@H](NC(C)=O)[C@@H](OC4O[C@H](CO)[C@@H](OC5O[C@H](CO)[C@H](O)[C@H](O)[C@H]5NC(C)=O)[C@H](O)[C@H]4NC(C)=O)[C@H]3O)O[C@@H]2CO)O[C@H](CO)[C@H](O)[C@@H]1O. The molecule has 5 saturated heterocycles. The van der Waals surface area contributed by atoms with Crippen LogP contribution in [0.15, 0.2) is 0 Å². The predicted molar refractivity (Wildman–Crippen MR) is 225 cm³/mol. The number of carbonyl (C=O) groups excluding carboxylic acids is 5. The van der Waals surface area contributed by atoms with Gasteiger partial charge in [-0.25, -0.2) is 0 Å². The van der Waals surface area contributed by atoms with Crippen molar-refractivity contribution in [3.05, 3.63) is 0 Å². The summed E-state index contributed by atoms with van der Waals surface area (Å²) in [6, 6.07) is -7.95. The Morgan fingerprint density at radius 1 is 0.366 bits per heavy atom. The highest BCUT2D eigenvalue weighted by Gasteiger charge is 2.56. The van der Waals surface area contributed by atoms with E-state index >= 15 is 0 Å². The molecule has 31 nitrogen and oxygen atoms in total. The van der Waals surface area contributed by atoms with Gasteiger partial charge in [-0.05, 0) is 0 Å². The number of carbonyl (C=O) groups is 5. The molecule has 5 aliphatic heterocycles.